The van der Waals surface area contributed by atoms with Gasteiger partial charge in [0.25, 0.3) is 0 Å². The molecule has 1 unspecified atom stereocenters. The van der Waals surface area contributed by atoms with Crippen molar-refractivity contribution in [1.29, 1.82) is 0 Å². The SMILES string of the molecule is NC1=CN(c2ccc(F)cc2)c2cc(-c3ccncc3)ccc2C1O. The van der Waals surface area contributed by atoms with Crippen LogP contribution in [-0.2, 0) is 0 Å². The van der Waals surface area contributed by atoms with Crippen LogP contribution in [0.4, 0.5) is 15.8 Å². The fraction of sp³-hybridized carbons (Fsp3) is 0.0500. The normalized spacial score (nSPS) is 16.3. The van der Waals surface area contributed by atoms with Crippen LogP contribution in [0.1, 0.15) is 11.7 Å². The van der Waals surface area contributed by atoms with E-state index >= 15 is 0 Å². The number of anilines is 2. The Bertz CT molecular complexity index is 939. The van der Waals surface area contributed by atoms with Gasteiger partial charge in [0.1, 0.15) is 11.9 Å². The van der Waals surface area contributed by atoms with E-state index in [1.54, 1.807) is 30.7 Å². The Morgan fingerprint density at radius 3 is 2.40 bits per heavy atom. The second-order valence-corrected chi connectivity index (χ2v) is 5.89. The molecular formula is C20H16FN3O. The average Bonchev–Trinajstić information content (AvgIpc) is 2.66. The molecule has 0 saturated heterocycles. The molecule has 3 aromatic rings. The second-order valence-electron chi connectivity index (χ2n) is 5.89. The minimum atomic E-state index is -0.863. The first-order valence-electron chi connectivity index (χ1n) is 7.88. The lowest BCUT2D eigenvalue weighted by Crippen LogP contribution is -2.24. The van der Waals surface area contributed by atoms with Crippen LogP contribution in [0, 0.1) is 5.82 Å². The number of nitrogens with two attached hydrogens (primary N) is 1. The fourth-order valence-electron chi connectivity index (χ4n) is 2.99. The lowest BCUT2D eigenvalue weighted by Gasteiger charge is -2.31. The number of benzene rings is 2. The molecule has 2 heterocycles. The van der Waals surface area contributed by atoms with Crippen LogP contribution in [0.5, 0.6) is 0 Å². The Kier molecular flexibility index (Phi) is 3.71. The summed E-state index contributed by atoms with van der Waals surface area (Å²) in [5.41, 5.74) is 10.6. The summed E-state index contributed by atoms with van der Waals surface area (Å²) >= 11 is 0. The van der Waals surface area contributed by atoms with E-state index in [0.29, 0.717) is 11.3 Å². The van der Waals surface area contributed by atoms with Gasteiger partial charge in [0.2, 0.25) is 0 Å². The van der Waals surface area contributed by atoms with E-state index < -0.39 is 6.10 Å². The monoisotopic (exact) mass is 333 g/mol. The average molecular weight is 333 g/mol. The molecule has 4 nitrogen and oxygen atoms in total. The number of aliphatic hydroxyl groups excluding tert-OH is 1. The molecular weight excluding hydrogens is 317 g/mol. The Labute approximate surface area is 144 Å². The summed E-state index contributed by atoms with van der Waals surface area (Å²) < 4.78 is 13.3. The molecule has 1 aliphatic heterocycles. The van der Waals surface area contributed by atoms with Crippen LogP contribution in [0.15, 0.2) is 78.9 Å². The van der Waals surface area contributed by atoms with Crippen molar-refractivity contribution in [3.05, 3.63) is 90.3 Å². The van der Waals surface area contributed by atoms with Gasteiger partial charge in [-0.1, -0.05) is 12.1 Å². The molecule has 2 aromatic carbocycles. The largest absolute Gasteiger partial charge is 0.398 e. The zero-order valence-electron chi connectivity index (χ0n) is 13.3. The van der Waals surface area contributed by atoms with Crippen molar-refractivity contribution >= 4 is 11.4 Å². The number of rotatable bonds is 2. The summed E-state index contributed by atoms with van der Waals surface area (Å²) in [4.78, 5) is 5.90. The van der Waals surface area contributed by atoms with Crippen molar-refractivity contribution in [3.8, 4) is 11.1 Å². The highest BCUT2D eigenvalue weighted by Crippen LogP contribution is 2.40. The van der Waals surface area contributed by atoms with E-state index in [4.69, 9.17) is 5.73 Å². The number of nitrogens with zero attached hydrogens (tertiary/aromatic N) is 2. The van der Waals surface area contributed by atoms with Gasteiger partial charge in [-0.2, -0.15) is 0 Å². The van der Waals surface area contributed by atoms with Gasteiger partial charge in [0.15, 0.2) is 0 Å². The molecule has 0 bridgehead atoms. The van der Waals surface area contributed by atoms with Crippen molar-refractivity contribution in [3.63, 3.8) is 0 Å². The van der Waals surface area contributed by atoms with E-state index in [9.17, 15) is 9.50 Å². The highest BCUT2D eigenvalue weighted by molar-refractivity contribution is 5.78. The van der Waals surface area contributed by atoms with Crippen molar-refractivity contribution < 1.29 is 9.50 Å². The lowest BCUT2D eigenvalue weighted by molar-refractivity contribution is 0.212. The quantitative estimate of drug-likeness (QED) is 0.747. The predicted molar refractivity (Wildman–Crippen MR) is 95.4 cm³/mol. The highest BCUT2D eigenvalue weighted by atomic mass is 19.1. The van der Waals surface area contributed by atoms with Crippen molar-refractivity contribution in [2.75, 3.05) is 4.90 Å². The minimum Gasteiger partial charge on any atom is -0.398 e. The van der Waals surface area contributed by atoms with Crippen molar-refractivity contribution in [2.45, 2.75) is 6.10 Å². The third kappa shape index (κ3) is 2.75. The number of aromatic nitrogens is 1. The van der Waals surface area contributed by atoms with E-state index in [1.807, 2.05) is 35.2 Å². The number of aliphatic hydroxyl groups is 1. The zero-order chi connectivity index (χ0) is 17.4. The second kappa shape index (κ2) is 6.03. The predicted octanol–water partition coefficient (Wildman–Crippen LogP) is 3.87. The molecule has 124 valence electrons. The first-order chi connectivity index (χ1) is 12.1. The van der Waals surface area contributed by atoms with E-state index in [-0.39, 0.29) is 5.82 Å². The number of fused-ring (bicyclic) bond motifs is 1. The molecule has 1 aromatic heterocycles. The van der Waals surface area contributed by atoms with Crippen molar-refractivity contribution in [1.82, 2.24) is 4.98 Å². The summed E-state index contributed by atoms with van der Waals surface area (Å²) in [6.45, 7) is 0. The Morgan fingerprint density at radius 1 is 0.960 bits per heavy atom. The maximum atomic E-state index is 13.3. The number of hydrogen-bond donors (Lipinski definition) is 2. The molecule has 1 atom stereocenters. The summed E-state index contributed by atoms with van der Waals surface area (Å²) in [6.07, 6.45) is 4.29. The third-order valence-corrected chi connectivity index (χ3v) is 4.30. The Morgan fingerprint density at radius 2 is 1.68 bits per heavy atom. The molecule has 1 aliphatic rings. The lowest BCUT2D eigenvalue weighted by atomic mass is 9.96. The molecule has 0 aliphatic carbocycles. The molecule has 3 N–H and O–H groups in total. The Hall–Kier alpha value is -3.18. The molecule has 0 radical (unpaired) electrons. The maximum absolute atomic E-state index is 13.3. The van der Waals surface area contributed by atoms with E-state index in [1.165, 1.54) is 12.1 Å². The van der Waals surface area contributed by atoms with Crippen LogP contribution in [0.2, 0.25) is 0 Å². The van der Waals surface area contributed by atoms with Gasteiger partial charge >= 0.3 is 0 Å². The number of hydrogen-bond acceptors (Lipinski definition) is 4. The Balaban J connectivity index is 1.86. The van der Waals surface area contributed by atoms with Gasteiger partial charge < -0.3 is 15.7 Å². The summed E-state index contributed by atoms with van der Waals surface area (Å²) in [5.74, 6) is -0.302. The first kappa shape index (κ1) is 15.4. The molecule has 0 saturated carbocycles. The van der Waals surface area contributed by atoms with Gasteiger partial charge in [0.05, 0.1) is 11.4 Å². The molecule has 5 heteroatoms. The summed E-state index contributed by atoms with van der Waals surface area (Å²) in [7, 11) is 0. The van der Waals surface area contributed by atoms with Crippen LogP contribution in [0.25, 0.3) is 11.1 Å². The van der Waals surface area contributed by atoms with Gasteiger partial charge in [0, 0.05) is 29.8 Å². The molecule has 0 fully saturated rings. The number of pyridine rings is 1. The summed E-state index contributed by atoms with van der Waals surface area (Å²) in [6, 6.07) is 15.8. The topological polar surface area (TPSA) is 62.4 Å². The standard InChI is InChI=1S/C20H16FN3O/c21-15-2-4-16(5-3-15)24-12-18(22)20(25)17-6-1-14(11-19(17)24)13-7-9-23-10-8-13/h1-12,20,25H,22H2. The van der Waals surface area contributed by atoms with Crippen molar-refractivity contribution in [2.24, 2.45) is 5.73 Å². The molecule has 25 heavy (non-hydrogen) atoms. The van der Waals surface area contributed by atoms with Gasteiger partial charge in [-0.25, -0.2) is 4.39 Å². The molecule has 4 rings (SSSR count). The van der Waals surface area contributed by atoms with Gasteiger partial charge in [-0.3, -0.25) is 4.98 Å². The summed E-state index contributed by atoms with van der Waals surface area (Å²) in [5, 5.41) is 10.4. The first-order valence-corrected chi connectivity index (χ1v) is 7.88. The van der Waals surface area contributed by atoms with Gasteiger partial charge in [-0.05, 0) is 53.6 Å². The smallest absolute Gasteiger partial charge is 0.123 e. The van der Waals surface area contributed by atoms with Crippen LogP contribution < -0.4 is 10.6 Å². The van der Waals surface area contributed by atoms with Crippen LogP contribution >= 0.6 is 0 Å². The molecule has 0 amide bonds. The highest BCUT2D eigenvalue weighted by Gasteiger charge is 2.25. The maximum Gasteiger partial charge on any atom is 0.123 e. The van der Waals surface area contributed by atoms with E-state index in [2.05, 4.69) is 4.98 Å². The third-order valence-electron chi connectivity index (χ3n) is 4.30. The molecule has 0 spiro atoms. The van der Waals surface area contributed by atoms with Gasteiger partial charge in [-0.15, -0.1) is 0 Å². The minimum absolute atomic E-state index is 0.302. The van der Waals surface area contributed by atoms with E-state index in [0.717, 1.165) is 22.5 Å². The fourth-order valence-corrected chi connectivity index (χ4v) is 2.99. The number of halogens is 1. The van der Waals surface area contributed by atoms with Crippen LogP contribution in [0.3, 0.4) is 0 Å². The van der Waals surface area contributed by atoms with Crippen LogP contribution in [-0.4, -0.2) is 10.1 Å². The zero-order valence-corrected chi connectivity index (χ0v) is 13.3.